The van der Waals surface area contributed by atoms with Crippen molar-refractivity contribution < 1.29 is 14.4 Å². The highest BCUT2D eigenvalue weighted by molar-refractivity contribution is 8.04. The predicted molar refractivity (Wildman–Crippen MR) is 136 cm³/mol. The molecule has 5 rings (SSSR count). The Morgan fingerprint density at radius 1 is 1.26 bits per heavy atom. The number of nitrogens with one attached hydrogen (secondary N) is 4. The fourth-order valence-electron chi connectivity index (χ4n) is 5.61. The molecule has 2 saturated heterocycles. The molecule has 0 bridgehead atoms. The van der Waals surface area contributed by atoms with Crippen LogP contribution in [0, 0.1) is 5.92 Å². The highest BCUT2D eigenvalue weighted by atomic mass is 32.2. The molecule has 1 saturated carbocycles. The number of rotatable bonds is 6. The topological polar surface area (TPSA) is 115 Å². The van der Waals surface area contributed by atoms with Crippen molar-refractivity contribution in [2.24, 2.45) is 5.92 Å². The van der Waals surface area contributed by atoms with E-state index in [0.717, 1.165) is 43.6 Å². The van der Waals surface area contributed by atoms with Gasteiger partial charge < -0.3 is 21.3 Å². The van der Waals surface area contributed by atoms with E-state index < -0.39 is 0 Å². The highest BCUT2D eigenvalue weighted by Crippen LogP contribution is 2.48. The molecule has 1 aromatic rings. The Labute approximate surface area is 209 Å². The minimum absolute atomic E-state index is 0.0114. The van der Waals surface area contributed by atoms with Crippen LogP contribution in [0.5, 0.6) is 0 Å². The first-order valence-electron chi connectivity index (χ1n) is 12.3. The fraction of sp³-hybridized carbons (Fsp3) is 0.520. The van der Waals surface area contributed by atoms with Gasteiger partial charge in [0.15, 0.2) is 0 Å². The summed E-state index contributed by atoms with van der Waals surface area (Å²) in [5, 5.41) is 12.6. The Balaban J connectivity index is 1.39. The van der Waals surface area contributed by atoms with Gasteiger partial charge in [-0.15, -0.1) is 0 Å². The lowest BCUT2D eigenvalue weighted by Crippen LogP contribution is -2.62. The summed E-state index contributed by atoms with van der Waals surface area (Å²) < 4.78 is 0. The summed E-state index contributed by atoms with van der Waals surface area (Å²) in [5.74, 6) is -0.179. The van der Waals surface area contributed by atoms with Gasteiger partial charge in [0.25, 0.3) is 5.91 Å². The Bertz CT molecular complexity index is 1090. The van der Waals surface area contributed by atoms with E-state index >= 15 is 0 Å². The van der Waals surface area contributed by atoms with Crippen molar-refractivity contribution in [3.8, 4) is 0 Å². The van der Waals surface area contributed by atoms with E-state index in [1.54, 1.807) is 6.20 Å². The number of urea groups is 1. The Morgan fingerprint density at radius 2 is 2.03 bits per heavy atom. The van der Waals surface area contributed by atoms with E-state index in [0.29, 0.717) is 10.6 Å². The number of nitrogens with zero attached hydrogens (tertiary/aromatic N) is 2. The Hall–Kier alpha value is -2.85. The molecule has 3 unspecified atom stereocenters. The summed E-state index contributed by atoms with van der Waals surface area (Å²) in [6.45, 7) is 8.45. The zero-order valence-electron chi connectivity index (χ0n) is 20.0. The molecule has 4 N–H and O–H groups in total. The van der Waals surface area contributed by atoms with Crippen LogP contribution in [-0.2, 0) is 9.59 Å². The third kappa shape index (κ3) is 4.45. The average molecular weight is 497 g/mol. The highest BCUT2D eigenvalue weighted by Gasteiger charge is 2.52. The molecule has 9 nitrogen and oxygen atoms in total. The number of pyridine rings is 1. The lowest BCUT2D eigenvalue weighted by Gasteiger charge is -2.45. The molecule has 35 heavy (non-hydrogen) atoms. The molecule has 1 aromatic heterocycles. The third-order valence-corrected chi connectivity index (χ3v) is 8.68. The lowest BCUT2D eigenvalue weighted by atomic mass is 9.86. The number of thioether (sulfide) groups is 1. The first kappa shape index (κ1) is 23.9. The smallest absolute Gasteiger partial charge is 0.326 e. The van der Waals surface area contributed by atoms with E-state index in [4.69, 9.17) is 0 Å². The van der Waals surface area contributed by atoms with E-state index in [9.17, 15) is 14.4 Å². The number of piperidine rings is 1. The van der Waals surface area contributed by atoms with Gasteiger partial charge in [-0.05, 0) is 56.4 Å². The first-order valence-corrected chi connectivity index (χ1v) is 13.2. The summed E-state index contributed by atoms with van der Waals surface area (Å²) in [5.41, 5.74) is 2.48. The number of hydrogen-bond donors (Lipinski definition) is 4. The largest absolute Gasteiger partial charge is 0.348 e. The second-order valence-electron chi connectivity index (χ2n) is 9.84. The van der Waals surface area contributed by atoms with Crippen molar-refractivity contribution >= 4 is 35.3 Å². The number of amides is 4. The van der Waals surface area contributed by atoms with Crippen molar-refractivity contribution in [3.63, 3.8) is 0 Å². The Kier molecular flexibility index (Phi) is 6.59. The van der Waals surface area contributed by atoms with Crippen LogP contribution >= 0.6 is 11.8 Å². The third-order valence-electron chi connectivity index (χ3n) is 7.33. The van der Waals surface area contributed by atoms with Gasteiger partial charge in [0, 0.05) is 41.3 Å². The van der Waals surface area contributed by atoms with Gasteiger partial charge in [-0.1, -0.05) is 32.2 Å². The summed E-state index contributed by atoms with van der Waals surface area (Å²) in [6, 6.07) is 3.35. The molecule has 4 aliphatic rings. The molecule has 10 heteroatoms. The number of hydrogen-bond acceptors (Lipinski definition) is 6. The molecule has 3 aliphatic heterocycles. The molecule has 186 valence electrons. The zero-order chi connectivity index (χ0) is 24.7. The van der Waals surface area contributed by atoms with E-state index in [1.807, 2.05) is 17.0 Å². The first-order chi connectivity index (χ1) is 16.9. The quantitative estimate of drug-likeness (QED) is 0.450. The van der Waals surface area contributed by atoms with Crippen LogP contribution < -0.4 is 26.2 Å². The maximum Gasteiger partial charge on any atom is 0.326 e. The summed E-state index contributed by atoms with van der Waals surface area (Å²) in [6.07, 6.45) is 6.35. The van der Waals surface area contributed by atoms with Gasteiger partial charge >= 0.3 is 6.03 Å². The minimum Gasteiger partial charge on any atom is -0.348 e. The normalized spacial score (nSPS) is 29.6. The number of aromatic nitrogens is 1. The zero-order valence-corrected chi connectivity index (χ0v) is 20.9. The molecular weight excluding hydrogens is 464 g/mol. The molecule has 0 aromatic carbocycles. The molecule has 5 atom stereocenters. The van der Waals surface area contributed by atoms with Gasteiger partial charge in [0.05, 0.1) is 16.3 Å². The SMILES string of the molecule is C=CC(=O)N[C@H]1CCC[C@H]1NC(=O)C1=C2NC(=O)N(c3ccnc(C(C)C)c3)C3CCNC(S1)C23. The second-order valence-corrected chi connectivity index (χ2v) is 11.0. The van der Waals surface area contributed by atoms with Crippen LogP contribution in [0.3, 0.4) is 0 Å². The van der Waals surface area contributed by atoms with Gasteiger partial charge in [-0.2, -0.15) is 0 Å². The lowest BCUT2D eigenvalue weighted by molar-refractivity contribution is -0.119. The van der Waals surface area contributed by atoms with Crippen molar-refractivity contribution in [3.05, 3.63) is 47.3 Å². The predicted octanol–water partition coefficient (Wildman–Crippen LogP) is 2.34. The van der Waals surface area contributed by atoms with E-state index in [1.165, 1.54) is 17.8 Å². The van der Waals surface area contributed by atoms with E-state index in [2.05, 4.69) is 46.7 Å². The second kappa shape index (κ2) is 9.66. The fourth-order valence-corrected chi connectivity index (χ4v) is 7.01. The molecule has 4 amide bonds. The number of carbonyl (C=O) groups is 3. The number of carbonyl (C=O) groups excluding carboxylic acids is 3. The molecule has 4 heterocycles. The summed E-state index contributed by atoms with van der Waals surface area (Å²) in [7, 11) is 0. The van der Waals surface area contributed by atoms with Crippen LogP contribution in [0.2, 0.25) is 0 Å². The minimum atomic E-state index is -0.233. The number of anilines is 1. The van der Waals surface area contributed by atoms with Crippen molar-refractivity contribution in [1.29, 1.82) is 0 Å². The van der Waals surface area contributed by atoms with Crippen LogP contribution in [-0.4, -0.2) is 52.9 Å². The van der Waals surface area contributed by atoms with Crippen LogP contribution in [0.15, 0.2) is 41.6 Å². The maximum atomic E-state index is 13.4. The van der Waals surface area contributed by atoms with E-state index in [-0.39, 0.29) is 53.2 Å². The van der Waals surface area contributed by atoms with Crippen molar-refractivity contribution in [2.75, 3.05) is 11.4 Å². The van der Waals surface area contributed by atoms with Gasteiger partial charge in [-0.25, -0.2) is 4.79 Å². The molecule has 3 fully saturated rings. The van der Waals surface area contributed by atoms with Crippen LogP contribution in [0.25, 0.3) is 0 Å². The van der Waals surface area contributed by atoms with Crippen LogP contribution in [0.4, 0.5) is 10.5 Å². The Morgan fingerprint density at radius 3 is 2.77 bits per heavy atom. The van der Waals surface area contributed by atoms with Crippen LogP contribution in [0.1, 0.15) is 51.1 Å². The molecule has 0 spiro atoms. The molecule has 0 radical (unpaired) electrons. The van der Waals surface area contributed by atoms with Gasteiger partial charge in [0.2, 0.25) is 5.91 Å². The van der Waals surface area contributed by atoms with Gasteiger partial charge in [0.1, 0.15) is 0 Å². The summed E-state index contributed by atoms with van der Waals surface area (Å²) in [4.78, 5) is 45.4. The van der Waals surface area contributed by atoms with Crippen molar-refractivity contribution in [2.45, 2.75) is 68.9 Å². The molecule has 1 aliphatic carbocycles. The standard InChI is InChI=1S/C25H32N6O3S/c1-4-19(32)28-15-6-5-7-16(15)29-23(33)22-21-20-18(9-11-27-24(20)35-22)31(25(34)30-21)14-8-10-26-17(12-14)13(2)3/h4,8,10,12-13,15-16,18,20,24,27H,1,5-7,9,11H2,2-3H3,(H,28,32)(H,29,33)(H,30,34)/t15-,16+,18?,20?,24?/m0/s1. The summed E-state index contributed by atoms with van der Waals surface area (Å²) >= 11 is 1.49. The van der Waals surface area contributed by atoms with Gasteiger partial charge in [-0.3, -0.25) is 19.5 Å². The monoisotopic (exact) mass is 496 g/mol. The maximum absolute atomic E-state index is 13.4. The average Bonchev–Trinajstić information content (AvgIpc) is 3.44. The van der Waals surface area contributed by atoms with Crippen molar-refractivity contribution in [1.82, 2.24) is 26.3 Å². The molecular formula is C25H32N6O3S.